The second-order valence-electron chi connectivity index (χ2n) is 5.03. The zero-order chi connectivity index (χ0) is 12.5. The zero-order valence-electron chi connectivity index (χ0n) is 10.4. The molecule has 1 heterocycles. The van der Waals surface area contributed by atoms with Crippen LogP contribution in [0.3, 0.4) is 0 Å². The molecule has 0 N–H and O–H groups in total. The number of nitrogens with zero attached hydrogens (tertiary/aromatic N) is 2. The van der Waals surface area contributed by atoms with Crippen LogP contribution in [-0.4, -0.2) is 14.5 Å². The lowest BCUT2D eigenvalue weighted by molar-refractivity contribution is 0.776. The first-order chi connectivity index (χ1) is 7.96. The monoisotopic (exact) mass is 264 g/mol. The van der Waals surface area contributed by atoms with Crippen molar-refractivity contribution in [1.82, 2.24) is 9.32 Å². The van der Waals surface area contributed by atoms with E-state index in [2.05, 4.69) is 54.4 Å². The molecule has 4 heteroatoms. The molecule has 1 unspecified atom stereocenters. The van der Waals surface area contributed by atoms with E-state index in [9.17, 15) is 0 Å². The van der Waals surface area contributed by atoms with Crippen molar-refractivity contribution < 1.29 is 0 Å². The van der Waals surface area contributed by atoms with E-state index in [-0.39, 0.29) is 5.16 Å². The van der Waals surface area contributed by atoms with Gasteiger partial charge in [0.1, 0.15) is 0 Å². The highest BCUT2D eigenvalue weighted by Gasteiger charge is 2.34. The Kier molecular flexibility index (Phi) is 3.24. The SMILES string of the molecule is CC(C)(C)P(=S)(c1ccccc1)n1ccnc1. The number of hydrogen-bond acceptors (Lipinski definition) is 2. The first-order valence-corrected chi connectivity index (χ1v) is 8.36. The van der Waals surface area contributed by atoms with E-state index >= 15 is 0 Å². The average Bonchev–Trinajstić information content (AvgIpc) is 2.81. The Balaban J connectivity index is 2.66. The molecule has 0 aliphatic carbocycles. The van der Waals surface area contributed by atoms with Gasteiger partial charge in [-0.1, -0.05) is 62.9 Å². The molecule has 0 fully saturated rings. The van der Waals surface area contributed by atoms with Gasteiger partial charge in [-0.25, -0.2) is 4.98 Å². The van der Waals surface area contributed by atoms with Gasteiger partial charge in [-0.05, 0) is 0 Å². The van der Waals surface area contributed by atoms with Gasteiger partial charge in [0.2, 0.25) is 0 Å². The normalized spacial score (nSPS) is 15.5. The molecule has 0 saturated heterocycles. The molecule has 1 aromatic carbocycles. The van der Waals surface area contributed by atoms with Crippen molar-refractivity contribution in [2.75, 3.05) is 0 Å². The molecule has 90 valence electrons. The van der Waals surface area contributed by atoms with Crippen LogP contribution in [0.1, 0.15) is 20.8 Å². The predicted molar refractivity (Wildman–Crippen MR) is 77.7 cm³/mol. The predicted octanol–water partition coefficient (Wildman–Crippen LogP) is 3.25. The van der Waals surface area contributed by atoms with Crippen molar-refractivity contribution in [1.29, 1.82) is 0 Å². The molecule has 0 radical (unpaired) electrons. The van der Waals surface area contributed by atoms with E-state index in [4.69, 9.17) is 11.8 Å². The van der Waals surface area contributed by atoms with Crippen LogP contribution in [0.25, 0.3) is 0 Å². The summed E-state index contributed by atoms with van der Waals surface area (Å²) < 4.78 is 2.12. The van der Waals surface area contributed by atoms with E-state index in [1.54, 1.807) is 6.20 Å². The first kappa shape index (κ1) is 12.5. The number of hydrogen-bond donors (Lipinski definition) is 0. The quantitative estimate of drug-likeness (QED) is 0.775. The van der Waals surface area contributed by atoms with E-state index in [1.165, 1.54) is 5.30 Å². The highest BCUT2D eigenvalue weighted by molar-refractivity contribution is 8.18. The van der Waals surface area contributed by atoms with E-state index in [0.717, 1.165) is 0 Å². The van der Waals surface area contributed by atoms with Crippen molar-refractivity contribution in [2.45, 2.75) is 25.9 Å². The van der Waals surface area contributed by atoms with Crippen LogP contribution in [0.15, 0.2) is 49.1 Å². The molecule has 0 spiro atoms. The molecule has 1 atom stereocenters. The third kappa shape index (κ3) is 2.10. The Morgan fingerprint density at radius 3 is 2.29 bits per heavy atom. The third-order valence-corrected chi connectivity index (χ3v) is 9.38. The fraction of sp³-hybridized carbons (Fsp3) is 0.308. The van der Waals surface area contributed by atoms with Crippen molar-refractivity contribution in [2.24, 2.45) is 0 Å². The van der Waals surface area contributed by atoms with Crippen molar-refractivity contribution >= 4 is 23.3 Å². The summed E-state index contributed by atoms with van der Waals surface area (Å²) in [6.07, 6.45) is 3.76. The van der Waals surface area contributed by atoms with Crippen LogP contribution in [0, 0.1) is 0 Å². The average molecular weight is 264 g/mol. The van der Waals surface area contributed by atoms with E-state index < -0.39 is 6.19 Å². The molecule has 0 amide bonds. The molecule has 2 rings (SSSR count). The molecule has 0 saturated carbocycles. The third-order valence-electron chi connectivity index (χ3n) is 2.83. The summed E-state index contributed by atoms with van der Waals surface area (Å²) in [4.78, 5) is 4.15. The lowest BCUT2D eigenvalue weighted by Gasteiger charge is -2.36. The van der Waals surface area contributed by atoms with Gasteiger partial charge in [0.05, 0.1) is 12.5 Å². The van der Waals surface area contributed by atoms with Crippen molar-refractivity contribution in [3.63, 3.8) is 0 Å². The van der Waals surface area contributed by atoms with Gasteiger partial charge in [0, 0.05) is 22.9 Å². The lowest BCUT2D eigenvalue weighted by atomic mass is 10.3. The van der Waals surface area contributed by atoms with E-state index in [1.807, 2.05) is 18.6 Å². The minimum atomic E-state index is -1.87. The van der Waals surface area contributed by atoms with Gasteiger partial charge in [-0.2, -0.15) is 0 Å². The van der Waals surface area contributed by atoms with Gasteiger partial charge in [-0.3, -0.25) is 0 Å². The van der Waals surface area contributed by atoms with Gasteiger partial charge in [0.15, 0.2) is 0 Å². The van der Waals surface area contributed by atoms with Crippen LogP contribution < -0.4 is 5.30 Å². The Morgan fingerprint density at radius 2 is 1.82 bits per heavy atom. The number of aromatic nitrogens is 2. The molecule has 0 aliphatic rings. The second-order valence-corrected chi connectivity index (χ2v) is 10.1. The Bertz CT molecular complexity index is 526. The summed E-state index contributed by atoms with van der Waals surface area (Å²) in [6, 6.07) is 10.4. The topological polar surface area (TPSA) is 17.8 Å². The summed E-state index contributed by atoms with van der Waals surface area (Å²) in [6.45, 7) is 6.63. The number of imidazole rings is 1. The van der Waals surface area contributed by atoms with Crippen molar-refractivity contribution in [3.05, 3.63) is 49.1 Å². The van der Waals surface area contributed by atoms with Gasteiger partial charge >= 0.3 is 0 Å². The highest BCUT2D eigenvalue weighted by Crippen LogP contribution is 2.57. The largest absolute Gasteiger partial charge is 0.304 e. The van der Waals surface area contributed by atoms with Crippen LogP contribution in [0.5, 0.6) is 0 Å². The van der Waals surface area contributed by atoms with Crippen LogP contribution in [0.2, 0.25) is 0 Å². The second kappa shape index (κ2) is 4.40. The Hall–Kier alpha value is -0.920. The number of rotatable bonds is 2. The van der Waals surface area contributed by atoms with Crippen molar-refractivity contribution in [3.8, 4) is 0 Å². The summed E-state index contributed by atoms with van der Waals surface area (Å²) in [5.41, 5.74) is 0. The summed E-state index contributed by atoms with van der Waals surface area (Å²) in [5.74, 6) is 0. The minimum Gasteiger partial charge on any atom is -0.304 e. The maximum atomic E-state index is 6.06. The molecular formula is C13H17N2PS. The van der Waals surface area contributed by atoms with Crippen LogP contribution in [0.4, 0.5) is 0 Å². The Morgan fingerprint density at radius 1 is 1.18 bits per heavy atom. The molecule has 2 aromatic rings. The highest BCUT2D eigenvalue weighted by atomic mass is 32.4. The molecule has 1 aromatic heterocycles. The fourth-order valence-electron chi connectivity index (χ4n) is 1.92. The molecule has 17 heavy (non-hydrogen) atoms. The molecular weight excluding hydrogens is 247 g/mol. The fourth-order valence-corrected chi connectivity index (χ4v) is 5.33. The minimum absolute atomic E-state index is 0.0321. The van der Waals surface area contributed by atoms with E-state index in [0.29, 0.717) is 0 Å². The Labute approximate surface area is 108 Å². The van der Waals surface area contributed by atoms with Gasteiger partial charge in [0.25, 0.3) is 0 Å². The van der Waals surface area contributed by atoms with Gasteiger partial charge < -0.3 is 4.34 Å². The summed E-state index contributed by atoms with van der Waals surface area (Å²) in [7, 11) is 0. The molecule has 2 nitrogen and oxygen atoms in total. The maximum Gasteiger partial charge on any atom is 0.0987 e. The summed E-state index contributed by atoms with van der Waals surface area (Å²) >= 11 is 6.06. The maximum absolute atomic E-state index is 6.06. The number of benzene rings is 1. The van der Waals surface area contributed by atoms with Crippen LogP contribution >= 0.6 is 6.19 Å². The van der Waals surface area contributed by atoms with Gasteiger partial charge in [-0.15, -0.1) is 0 Å². The summed E-state index contributed by atoms with van der Waals surface area (Å²) in [5, 5.41) is 1.27. The molecule has 0 bridgehead atoms. The zero-order valence-corrected chi connectivity index (χ0v) is 12.1. The van der Waals surface area contributed by atoms with Crippen LogP contribution in [-0.2, 0) is 11.8 Å². The smallest absolute Gasteiger partial charge is 0.0987 e. The lowest BCUT2D eigenvalue weighted by Crippen LogP contribution is -2.26. The first-order valence-electron chi connectivity index (χ1n) is 5.61. The standard InChI is InChI=1S/C13H17N2PS/c1-13(2,3)16(17,15-10-9-14-11-15)12-7-5-4-6-8-12/h4-11H,1-3H3. The molecule has 0 aliphatic heterocycles.